The molecule has 2 aromatic rings. The number of quaternary nitrogens is 1. The van der Waals surface area contributed by atoms with Crippen LogP contribution in [-0.4, -0.2) is 39.8 Å². The van der Waals surface area contributed by atoms with Gasteiger partial charge in [-0.3, -0.25) is 4.48 Å². The molecule has 0 aromatic heterocycles. The van der Waals surface area contributed by atoms with Gasteiger partial charge in [0.1, 0.15) is 15.8 Å². The number of hydrogen-bond donors (Lipinski definition) is 1. The summed E-state index contributed by atoms with van der Waals surface area (Å²) in [5.41, 5.74) is 6.03. The van der Waals surface area contributed by atoms with Crippen molar-refractivity contribution in [3.8, 4) is 0 Å². The van der Waals surface area contributed by atoms with Gasteiger partial charge in [-0.2, -0.15) is 5.10 Å². The molecule has 2 aromatic carbocycles. The van der Waals surface area contributed by atoms with Crippen LogP contribution >= 0.6 is 0 Å². The van der Waals surface area contributed by atoms with Crippen LogP contribution in [0.4, 0.5) is 5.69 Å². The quantitative estimate of drug-likeness (QED) is 0.370. The maximum atomic E-state index is 10.4. The SMILES string of the molecule is C[N+](C)(C)c1cccc2c1CCC/C2=N\N.Cc1ccc(S(=O)(=O)[O-])cc1. The topological polar surface area (TPSA) is 95.6 Å². The summed E-state index contributed by atoms with van der Waals surface area (Å²) in [6, 6.07) is 12.2. The van der Waals surface area contributed by atoms with Gasteiger partial charge in [-0.1, -0.05) is 29.8 Å². The molecule has 0 fully saturated rings. The highest BCUT2D eigenvalue weighted by Gasteiger charge is 2.24. The third kappa shape index (κ3) is 5.38. The monoisotopic (exact) mass is 389 g/mol. The van der Waals surface area contributed by atoms with E-state index in [-0.39, 0.29) is 4.90 Å². The Morgan fingerprint density at radius 3 is 2.19 bits per heavy atom. The molecule has 6 nitrogen and oxygen atoms in total. The third-order valence-electron chi connectivity index (χ3n) is 4.49. The van der Waals surface area contributed by atoms with Crippen molar-refractivity contribution in [3.05, 3.63) is 59.2 Å². The zero-order valence-corrected chi connectivity index (χ0v) is 17.1. The Labute approximate surface area is 161 Å². The zero-order valence-electron chi connectivity index (χ0n) is 16.3. The minimum atomic E-state index is -4.27. The summed E-state index contributed by atoms with van der Waals surface area (Å²) in [6.07, 6.45) is 3.30. The van der Waals surface area contributed by atoms with Gasteiger partial charge in [0, 0.05) is 11.1 Å². The van der Waals surface area contributed by atoms with Crippen LogP contribution in [0.5, 0.6) is 0 Å². The summed E-state index contributed by atoms with van der Waals surface area (Å²) < 4.78 is 32.0. The normalized spacial score (nSPS) is 15.7. The van der Waals surface area contributed by atoms with E-state index in [0.717, 1.165) is 35.0 Å². The Kier molecular flexibility index (Phi) is 6.41. The maximum Gasteiger partial charge on any atom is 0.136 e. The Morgan fingerprint density at radius 1 is 1.04 bits per heavy atom. The average Bonchev–Trinajstić information content (AvgIpc) is 2.60. The van der Waals surface area contributed by atoms with E-state index in [9.17, 15) is 13.0 Å². The molecule has 3 rings (SSSR count). The fourth-order valence-corrected chi connectivity index (χ4v) is 3.61. The van der Waals surface area contributed by atoms with Crippen LogP contribution in [0.15, 0.2) is 52.5 Å². The first-order chi connectivity index (χ1) is 12.5. The number of aryl methyl sites for hydroxylation is 1. The van der Waals surface area contributed by atoms with Gasteiger partial charge in [-0.15, -0.1) is 0 Å². The lowest BCUT2D eigenvalue weighted by atomic mass is 9.88. The summed E-state index contributed by atoms with van der Waals surface area (Å²) in [7, 11) is 2.32. The van der Waals surface area contributed by atoms with Crippen LogP contribution in [0, 0.1) is 6.92 Å². The number of hydrazone groups is 1. The highest BCUT2D eigenvalue weighted by Crippen LogP contribution is 2.31. The molecule has 0 aliphatic heterocycles. The predicted octanol–water partition coefficient (Wildman–Crippen LogP) is 2.78. The average molecular weight is 390 g/mol. The van der Waals surface area contributed by atoms with Crippen LogP contribution in [0.3, 0.4) is 0 Å². The molecule has 0 unspecified atom stereocenters. The Balaban J connectivity index is 0.000000208. The number of hydrogen-bond acceptors (Lipinski definition) is 5. The van der Waals surface area contributed by atoms with Crippen molar-refractivity contribution in [2.75, 3.05) is 21.1 Å². The van der Waals surface area contributed by atoms with Crippen molar-refractivity contribution in [1.29, 1.82) is 0 Å². The van der Waals surface area contributed by atoms with Crippen LogP contribution < -0.4 is 10.3 Å². The molecular weight excluding hydrogens is 362 g/mol. The van der Waals surface area contributed by atoms with Gasteiger partial charge in [0.25, 0.3) is 0 Å². The maximum absolute atomic E-state index is 10.4. The van der Waals surface area contributed by atoms with Gasteiger partial charge in [-0.25, -0.2) is 8.42 Å². The second kappa shape index (κ2) is 8.21. The van der Waals surface area contributed by atoms with Crippen molar-refractivity contribution in [3.63, 3.8) is 0 Å². The second-order valence-electron chi connectivity index (χ2n) is 7.51. The molecule has 27 heavy (non-hydrogen) atoms. The Hall–Kier alpha value is -2.22. The number of fused-ring (bicyclic) bond motifs is 1. The third-order valence-corrected chi connectivity index (χ3v) is 5.34. The van der Waals surface area contributed by atoms with Gasteiger partial charge >= 0.3 is 0 Å². The van der Waals surface area contributed by atoms with Crippen molar-refractivity contribution in [2.45, 2.75) is 31.1 Å². The predicted molar refractivity (Wildman–Crippen MR) is 109 cm³/mol. The molecule has 7 heteroatoms. The highest BCUT2D eigenvalue weighted by molar-refractivity contribution is 7.85. The summed E-state index contributed by atoms with van der Waals surface area (Å²) in [5, 5.41) is 3.92. The van der Waals surface area contributed by atoms with E-state index in [1.807, 2.05) is 6.92 Å². The minimum absolute atomic E-state index is 0.178. The molecule has 146 valence electrons. The standard InChI is InChI=1S/C13H20N3.C7H8O3S/c1-16(2,3)13-9-5-6-10-11(13)7-4-8-12(10)15-14;1-6-2-4-7(5-3-6)11(8,9)10/h5-6,9H,4,7-8,14H2,1-3H3;2-5H,1H3,(H,8,9,10)/q+1;/p-1/b15-12+;. The molecule has 1 aliphatic carbocycles. The first-order valence-corrected chi connectivity index (χ1v) is 10.2. The number of rotatable bonds is 2. The zero-order chi connectivity index (χ0) is 20.2. The molecule has 0 heterocycles. The van der Waals surface area contributed by atoms with Crippen molar-refractivity contribution in [2.24, 2.45) is 10.9 Å². The smallest absolute Gasteiger partial charge is 0.136 e. The molecule has 0 radical (unpaired) electrons. The molecule has 0 spiro atoms. The molecule has 0 atom stereocenters. The number of nitrogens with zero attached hydrogens (tertiary/aromatic N) is 2. The first kappa shape index (κ1) is 21.1. The van der Waals surface area contributed by atoms with Crippen molar-refractivity contribution >= 4 is 21.5 Å². The fourth-order valence-electron chi connectivity index (χ4n) is 3.14. The van der Waals surface area contributed by atoms with E-state index in [2.05, 4.69) is 44.4 Å². The van der Waals surface area contributed by atoms with Gasteiger partial charge in [0.15, 0.2) is 0 Å². The Morgan fingerprint density at radius 2 is 1.67 bits per heavy atom. The molecule has 0 amide bonds. The van der Waals surface area contributed by atoms with E-state index < -0.39 is 10.1 Å². The van der Waals surface area contributed by atoms with Gasteiger partial charge in [0.05, 0.1) is 31.8 Å². The van der Waals surface area contributed by atoms with E-state index in [1.165, 1.54) is 28.9 Å². The number of nitrogens with two attached hydrogens (primary N) is 1. The highest BCUT2D eigenvalue weighted by atomic mass is 32.2. The lowest BCUT2D eigenvalue weighted by molar-refractivity contribution is 0.463. The van der Waals surface area contributed by atoms with E-state index in [4.69, 9.17) is 5.84 Å². The fraction of sp³-hybridized carbons (Fsp3) is 0.350. The molecule has 0 bridgehead atoms. The van der Waals surface area contributed by atoms with Crippen LogP contribution in [0.1, 0.15) is 29.5 Å². The lowest BCUT2D eigenvalue weighted by Crippen LogP contribution is -2.36. The largest absolute Gasteiger partial charge is 0.744 e. The van der Waals surface area contributed by atoms with E-state index >= 15 is 0 Å². The lowest BCUT2D eigenvalue weighted by Gasteiger charge is -2.29. The molecule has 0 saturated heterocycles. The van der Waals surface area contributed by atoms with Crippen LogP contribution in [0.2, 0.25) is 0 Å². The number of benzene rings is 2. The van der Waals surface area contributed by atoms with Crippen molar-refractivity contribution in [1.82, 2.24) is 4.48 Å². The first-order valence-electron chi connectivity index (χ1n) is 8.77. The van der Waals surface area contributed by atoms with Gasteiger partial charge in [-0.05, 0) is 44.4 Å². The molecule has 0 saturated carbocycles. The summed E-state index contributed by atoms with van der Waals surface area (Å²) >= 11 is 0. The summed E-state index contributed by atoms with van der Waals surface area (Å²) in [5.74, 6) is 5.46. The van der Waals surface area contributed by atoms with Gasteiger partial charge < -0.3 is 10.4 Å². The minimum Gasteiger partial charge on any atom is -0.744 e. The van der Waals surface area contributed by atoms with Crippen molar-refractivity contribution < 1.29 is 13.0 Å². The van der Waals surface area contributed by atoms with Gasteiger partial charge in [0.2, 0.25) is 0 Å². The Bertz CT molecular complexity index is 928. The van der Waals surface area contributed by atoms with Crippen LogP contribution in [-0.2, 0) is 16.5 Å². The second-order valence-corrected chi connectivity index (χ2v) is 8.89. The van der Waals surface area contributed by atoms with Crippen LogP contribution in [0.25, 0.3) is 0 Å². The van der Waals surface area contributed by atoms with E-state index in [0.29, 0.717) is 0 Å². The molecule has 2 N–H and O–H groups in total. The summed E-state index contributed by atoms with van der Waals surface area (Å²) in [6.45, 7) is 1.82. The van der Waals surface area contributed by atoms with E-state index in [1.54, 1.807) is 12.1 Å². The summed E-state index contributed by atoms with van der Waals surface area (Å²) in [4.78, 5) is -0.178. The molecular formula is C20H27N3O3S. The molecule has 1 aliphatic rings.